The van der Waals surface area contributed by atoms with Crippen molar-refractivity contribution in [3.05, 3.63) is 27.9 Å². The first-order valence-electron chi connectivity index (χ1n) is 9.19. The average molecular weight is 367 g/mol. The molecule has 7 heteroatoms. The molecule has 138 valence electrons. The number of aryl methyl sites for hydroxylation is 1. The molecule has 1 amide bonds. The smallest absolute Gasteiger partial charge is 0.263 e. The Kier molecular flexibility index (Phi) is 5.49. The van der Waals surface area contributed by atoms with Crippen LogP contribution in [0.5, 0.6) is 0 Å². The van der Waals surface area contributed by atoms with Crippen molar-refractivity contribution in [3.63, 3.8) is 0 Å². The third kappa shape index (κ3) is 4.06. The normalized spacial score (nSPS) is 26.8. The molecule has 3 fully saturated rings. The summed E-state index contributed by atoms with van der Waals surface area (Å²) in [7, 11) is 0. The molecular formula is C18H27ClN4O2. The molecule has 3 aliphatic rings. The van der Waals surface area contributed by atoms with Crippen LogP contribution in [0.2, 0.25) is 0 Å². The Bertz CT molecular complexity index is 684. The van der Waals surface area contributed by atoms with Gasteiger partial charge >= 0.3 is 0 Å². The molecule has 0 bridgehead atoms. The topological polar surface area (TPSA) is 78.1 Å². The lowest BCUT2D eigenvalue weighted by Crippen LogP contribution is -2.43. The van der Waals surface area contributed by atoms with Crippen LogP contribution in [0.1, 0.15) is 48.3 Å². The van der Waals surface area contributed by atoms with Gasteiger partial charge in [-0.15, -0.1) is 12.4 Å². The van der Waals surface area contributed by atoms with Gasteiger partial charge in [0.25, 0.3) is 11.5 Å². The van der Waals surface area contributed by atoms with Crippen LogP contribution < -0.4 is 10.9 Å². The molecule has 0 unspecified atom stereocenters. The fraction of sp³-hybridized carbons (Fsp3) is 0.722. The predicted octanol–water partition coefficient (Wildman–Crippen LogP) is 1.74. The molecule has 4 rings (SSSR count). The van der Waals surface area contributed by atoms with Crippen molar-refractivity contribution in [2.75, 3.05) is 19.6 Å². The van der Waals surface area contributed by atoms with E-state index in [2.05, 4.69) is 20.2 Å². The summed E-state index contributed by atoms with van der Waals surface area (Å²) in [4.78, 5) is 33.7. The molecule has 2 aliphatic carbocycles. The highest BCUT2D eigenvalue weighted by atomic mass is 35.5. The summed E-state index contributed by atoms with van der Waals surface area (Å²) >= 11 is 0. The summed E-state index contributed by atoms with van der Waals surface area (Å²) < 4.78 is 0. The zero-order valence-electron chi connectivity index (χ0n) is 14.7. The second-order valence-electron chi connectivity index (χ2n) is 7.81. The molecule has 6 nitrogen and oxygen atoms in total. The Morgan fingerprint density at radius 3 is 2.68 bits per heavy atom. The van der Waals surface area contributed by atoms with Crippen molar-refractivity contribution in [3.8, 4) is 0 Å². The number of aromatic nitrogens is 2. The minimum atomic E-state index is -0.354. The number of likely N-dealkylation sites (tertiary alicyclic amines) is 1. The zero-order chi connectivity index (χ0) is 16.7. The highest BCUT2D eigenvalue weighted by Gasteiger charge is 2.43. The first-order chi connectivity index (χ1) is 11.6. The molecule has 0 spiro atoms. The van der Waals surface area contributed by atoms with Gasteiger partial charge in [0, 0.05) is 31.9 Å². The molecule has 2 heterocycles. The number of aromatic amines is 1. The fourth-order valence-electron chi connectivity index (χ4n) is 4.15. The number of nitrogens with zero attached hydrogens (tertiary/aromatic N) is 2. The molecule has 2 N–H and O–H groups in total. The van der Waals surface area contributed by atoms with Crippen LogP contribution in [-0.2, 0) is 0 Å². The van der Waals surface area contributed by atoms with Crippen LogP contribution in [0.3, 0.4) is 0 Å². The summed E-state index contributed by atoms with van der Waals surface area (Å²) in [5, 5.41) is 3.13. The van der Waals surface area contributed by atoms with Crippen molar-refractivity contribution >= 4 is 18.3 Å². The molecule has 2 atom stereocenters. The SMILES string of the molecule is Cc1ncc(C(=O)N[C@H]2CN(CC3CCC3)C[C@@H]2C2CC2)c(=O)[nH]1.Cl. The van der Waals surface area contributed by atoms with Crippen molar-refractivity contribution in [2.24, 2.45) is 17.8 Å². The Balaban J connectivity index is 0.00000182. The van der Waals surface area contributed by atoms with E-state index >= 15 is 0 Å². The number of carbonyl (C=O) groups excluding carboxylic acids is 1. The quantitative estimate of drug-likeness (QED) is 0.832. The number of hydrogen-bond acceptors (Lipinski definition) is 4. The molecular weight excluding hydrogens is 340 g/mol. The van der Waals surface area contributed by atoms with E-state index in [0.29, 0.717) is 11.7 Å². The van der Waals surface area contributed by atoms with Gasteiger partial charge in [-0.1, -0.05) is 6.42 Å². The largest absolute Gasteiger partial charge is 0.347 e. The van der Waals surface area contributed by atoms with Crippen LogP contribution >= 0.6 is 12.4 Å². The Morgan fingerprint density at radius 1 is 1.32 bits per heavy atom. The van der Waals surface area contributed by atoms with E-state index in [1.54, 1.807) is 6.92 Å². The average Bonchev–Trinajstić information content (AvgIpc) is 3.25. The van der Waals surface area contributed by atoms with Gasteiger partial charge in [-0.05, 0) is 50.4 Å². The molecule has 25 heavy (non-hydrogen) atoms. The zero-order valence-corrected chi connectivity index (χ0v) is 15.5. The van der Waals surface area contributed by atoms with E-state index in [1.807, 2.05) is 0 Å². The molecule has 1 aliphatic heterocycles. The third-order valence-electron chi connectivity index (χ3n) is 5.90. The summed E-state index contributed by atoms with van der Waals surface area (Å²) in [6.45, 7) is 4.89. The van der Waals surface area contributed by atoms with Gasteiger partial charge < -0.3 is 15.2 Å². The number of carbonyl (C=O) groups is 1. The minimum absolute atomic E-state index is 0. The van der Waals surface area contributed by atoms with Crippen LogP contribution in [0.15, 0.2) is 11.0 Å². The van der Waals surface area contributed by atoms with Crippen LogP contribution in [0.25, 0.3) is 0 Å². The number of nitrogens with one attached hydrogen (secondary N) is 2. The first kappa shape index (κ1) is 18.4. The Labute approximate surface area is 154 Å². The maximum absolute atomic E-state index is 12.5. The lowest BCUT2D eigenvalue weighted by molar-refractivity contribution is 0.0925. The molecule has 1 aromatic heterocycles. The summed E-state index contributed by atoms with van der Waals surface area (Å²) in [5.74, 6) is 2.37. The van der Waals surface area contributed by atoms with Crippen molar-refractivity contribution < 1.29 is 4.79 Å². The van der Waals surface area contributed by atoms with E-state index in [-0.39, 0.29) is 35.5 Å². The molecule has 0 radical (unpaired) electrons. The number of amides is 1. The summed E-state index contributed by atoms with van der Waals surface area (Å²) in [6, 6.07) is 0.158. The lowest BCUT2D eigenvalue weighted by atomic mass is 9.85. The van der Waals surface area contributed by atoms with E-state index in [0.717, 1.165) is 24.9 Å². The van der Waals surface area contributed by atoms with Crippen LogP contribution in [0, 0.1) is 24.7 Å². The second kappa shape index (κ2) is 7.46. The summed E-state index contributed by atoms with van der Waals surface area (Å²) in [6.07, 6.45) is 8.02. The van der Waals surface area contributed by atoms with E-state index < -0.39 is 0 Å². The fourth-order valence-corrected chi connectivity index (χ4v) is 4.15. The van der Waals surface area contributed by atoms with Crippen molar-refractivity contribution in [1.29, 1.82) is 0 Å². The Hall–Kier alpha value is -1.40. The molecule has 2 saturated carbocycles. The van der Waals surface area contributed by atoms with Gasteiger partial charge in [-0.3, -0.25) is 9.59 Å². The maximum atomic E-state index is 12.5. The monoisotopic (exact) mass is 366 g/mol. The van der Waals surface area contributed by atoms with Crippen LogP contribution in [-0.4, -0.2) is 46.5 Å². The standard InChI is InChI=1S/C18H26N4O2.ClH/c1-11-19-7-14(17(23)20-11)18(24)21-16-10-22(8-12-3-2-4-12)9-15(16)13-5-6-13;/h7,12-13,15-16H,2-6,8-10H2,1H3,(H,21,24)(H,19,20,23);1H/t15-,16+;/m1./s1. The summed E-state index contributed by atoms with van der Waals surface area (Å²) in [5.41, 5.74) is -0.236. The molecule has 1 aromatic rings. The molecule has 0 aromatic carbocycles. The number of hydrogen-bond donors (Lipinski definition) is 2. The number of H-pyrrole nitrogens is 1. The third-order valence-corrected chi connectivity index (χ3v) is 5.90. The van der Waals surface area contributed by atoms with Gasteiger partial charge in [0.05, 0.1) is 0 Å². The van der Waals surface area contributed by atoms with Gasteiger partial charge in [0.2, 0.25) is 0 Å². The lowest BCUT2D eigenvalue weighted by Gasteiger charge is -2.30. The van der Waals surface area contributed by atoms with Gasteiger partial charge in [-0.2, -0.15) is 0 Å². The van der Waals surface area contributed by atoms with Gasteiger partial charge in [-0.25, -0.2) is 4.98 Å². The van der Waals surface area contributed by atoms with Crippen molar-refractivity contribution in [1.82, 2.24) is 20.2 Å². The van der Waals surface area contributed by atoms with Crippen molar-refractivity contribution in [2.45, 2.75) is 45.1 Å². The second-order valence-corrected chi connectivity index (χ2v) is 7.81. The van der Waals surface area contributed by atoms with Crippen LogP contribution in [0.4, 0.5) is 0 Å². The first-order valence-corrected chi connectivity index (χ1v) is 9.19. The maximum Gasteiger partial charge on any atom is 0.263 e. The van der Waals surface area contributed by atoms with E-state index in [4.69, 9.17) is 0 Å². The number of halogens is 1. The highest BCUT2D eigenvalue weighted by molar-refractivity contribution is 5.93. The predicted molar refractivity (Wildman–Crippen MR) is 98.1 cm³/mol. The highest BCUT2D eigenvalue weighted by Crippen LogP contribution is 2.42. The Morgan fingerprint density at radius 2 is 2.08 bits per heavy atom. The molecule has 1 saturated heterocycles. The van der Waals surface area contributed by atoms with E-state index in [9.17, 15) is 9.59 Å². The van der Waals surface area contributed by atoms with Gasteiger partial charge in [0.1, 0.15) is 11.4 Å². The van der Waals surface area contributed by atoms with Gasteiger partial charge in [0.15, 0.2) is 0 Å². The number of rotatable bonds is 5. The minimum Gasteiger partial charge on any atom is -0.347 e. The van der Waals surface area contributed by atoms with E-state index in [1.165, 1.54) is 44.8 Å².